The molecule has 2 aromatic rings. The molecule has 1 fully saturated rings. The average Bonchev–Trinajstić information content (AvgIpc) is 3.16. The van der Waals surface area contributed by atoms with Crippen LogP contribution in [0.2, 0.25) is 0 Å². The number of para-hydroxylation sites is 1. The molecule has 2 atom stereocenters. The number of benzene rings is 2. The maximum atomic E-state index is 12.7. The van der Waals surface area contributed by atoms with Gasteiger partial charge < -0.3 is 25.0 Å². The second-order valence-corrected chi connectivity index (χ2v) is 6.58. The number of methoxy groups -OCH3 is 1. The third-order valence-electron chi connectivity index (χ3n) is 4.72. The van der Waals surface area contributed by atoms with Gasteiger partial charge in [-0.2, -0.15) is 0 Å². The van der Waals surface area contributed by atoms with Gasteiger partial charge in [0.05, 0.1) is 13.7 Å². The van der Waals surface area contributed by atoms with Crippen LogP contribution in [0.4, 0.5) is 4.79 Å². The molecule has 0 saturated carbocycles. The zero-order chi connectivity index (χ0) is 19.9. The van der Waals surface area contributed by atoms with E-state index < -0.39 is 6.04 Å². The first kappa shape index (κ1) is 19.5. The summed E-state index contributed by atoms with van der Waals surface area (Å²) >= 11 is 0. The van der Waals surface area contributed by atoms with Gasteiger partial charge in [-0.15, -0.1) is 0 Å². The molecule has 0 spiro atoms. The Morgan fingerprint density at radius 1 is 1.07 bits per heavy atom. The Morgan fingerprint density at radius 3 is 2.43 bits per heavy atom. The highest BCUT2D eigenvalue weighted by molar-refractivity contribution is 5.87. The van der Waals surface area contributed by atoms with Crippen molar-refractivity contribution >= 4 is 11.9 Å². The summed E-state index contributed by atoms with van der Waals surface area (Å²) < 4.78 is 11.1. The summed E-state index contributed by atoms with van der Waals surface area (Å²) in [4.78, 5) is 26.5. The quantitative estimate of drug-likeness (QED) is 0.801. The molecule has 7 heteroatoms. The van der Waals surface area contributed by atoms with Crippen LogP contribution in [0, 0.1) is 0 Å². The molecule has 3 amide bonds. The molecular weight excluding hydrogens is 358 g/mol. The summed E-state index contributed by atoms with van der Waals surface area (Å²) in [5, 5.41) is 5.51. The van der Waals surface area contributed by atoms with Gasteiger partial charge in [0.1, 0.15) is 23.6 Å². The Hall–Kier alpha value is -3.22. The van der Waals surface area contributed by atoms with E-state index in [1.54, 1.807) is 14.2 Å². The summed E-state index contributed by atoms with van der Waals surface area (Å²) in [6, 6.07) is 16.0. The minimum Gasteiger partial charge on any atom is -0.497 e. The van der Waals surface area contributed by atoms with Crippen molar-refractivity contribution in [3.8, 4) is 11.5 Å². The molecule has 0 aliphatic carbocycles. The molecule has 148 valence electrons. The molecule has 1 aliphatic heterocycles. The van der Waals surface area contributed by atoms with Gasteiger partial charge in [0.2, 0.25) is 5.91 Å². The first-order chi connectivity index (χ1) is 13.6. The highest BCUT2D eigenvalue weighted by atomic mass is 16.5. The van der Waals surface area contributed by atoms with Crippen LogP contribution in [0.1, 0.15) is 12.0 Å². The number of nitrogens with one attached hydrogen (secondary N) is 2. The van der Waals surface area contributed by atoms with Crippen molar-refractivity contribution in [3.05, 3.63) is 60.2 Å². The number of hydrogen-bond acceptors (Lipinski definition) is 4. The number of amides is 3. The summed E-state index contributed by atoms with van der Waals surface area (Å²) in [7, 11) is 3.18. The van der Waals surface area contributed by atoms with Crippen molar-refractivity contribution in [3.63, 3.8) is 0 Å². The van der Waals surface area contributed by atoms with Crippen molar-refractivity contribution in [1.82, 2.24) is 15.5 Å². The van der Waals surface area contributed by atoms with Gasteiger partial charge >= 0.3 is 6.03 Å². The first-order valence-corrected chi connectivity index (χ1v) is 9.21. The molecule has 0 unspecified atom stereocenters. The second-order valence-electron chi connectivity index (χ2n) is 6.58. The molecular formula is C21H25N3O4. The smallest absolute Gasteiger partial charge is 0.318 e. The molecule has 2 N–H and O–H groups in total. The van der Waals surface area contributed by atoms with E-state index >= 15 is 0 Å². The minimum absolute atomic E-state index is 0.196. The van der Waals surface area contributed by atoms with E-state index in [1.165, 1.54) is 4.90 Å². The van der Waals surface area contributed by atoms with Crippen LogP contribution in [0.5, 0.6) is 11.5 Å². The molecule has 1 aliphatic rings. The summed E-state index contributed by atoms with van der Waals surface area (Å²) in [6.07, 6.45) is 0.210. The number of nitrogens with zero attached hydrogens (tertiary/aromatic N) is 1. The van der Waals surface area contributed by atoms with Gasteiger partial charge in [-0.3, -0.25) is 4.79 Å². The lowest BCUT2D eigenvalue weighted by Crippen LogP contribution is -2.48. The van der Waals surface area contributed by atoms with Crippen molar-refractivity contribution in [2.24, 2.45) is 0 Å². The summed E-state index contributed by atoms with van der Waals surface area (Å²) in [6.45, 7) is 0.714. The predicted molar refractivity (Wildman–Crippen MR) is 105 cm³/mol. The molecule has 2 aromatic carbocycles. The summed E-state index contributed by atoms with van der Waals surface area (Å²) in [5.74, 6) is 1.29. The number of carbonyl (C=O) groups is 2. The van der Waals surface area contributed by atoms with E-state index in [2.05, 4.69) is 10.6 Å². The van der Waals surface area contributed by atoms with Crippen molar-refractivity contribution < 1.29 is 19.1 Å². The van der Waals surface area contributed by atoms with Gasteiger partial charge in [-0.05, 0) is 29.8 Å². The third kappa shape index (κ3) is 4.73. The molecule has 0 radical (unpaired) electrons. The number of urea groups is 1. The standard InChI is InChI=1S/C21H25N3O4/c1-22-20(25)19-12-18(28-17-6-4-3-5-7-17)14-24(19)21(26)23-13-15-8-10-16(27-2)11-9-15/h3-11,18-19H,12-14H2,1-2H3,(H,22,25)(H,23,26)/t18-,19+/m0/s1. The Balaban J connectivity index is 1.62. The zero-order valence-corrected chi connectivity index (χ0v) is 16.1. The monoisotopic (exact) mass is 383 g/mol. The van der Waals surface area contributed by atoms with Crippen molar-refractivity contribution in [2.75, 3.05) is 20.7 Å². The Bertz CT molecular complexity index is 795. The van der Waals surface area contributed by atoms with Crippen LogP contribution < -0.4 is 20.1 Å². The number of rotatable bonds is 6. The van der Waals surface area contributed by atoms with Crippen molar-refractivity contribution in [1.29, 1.82) is 0 Å². The normalized spacial score (nSPS) is 18.4. The lowest BCUT2D eigenvalue weighted by molar-refractivity contribution is -0.124. The number of carbonyl (C=O) groups excluding carboxylic acids is 2. The van der Waals surface area contributed by atoms with Gasteiger partial charge in [0.25, 0.3) is 0 Å². The highest BCUT2D eigenvalue weighted by Crippen LogP contribution is 2.23. The lowest BCUT2D eigenvalue weighted by Gasteiger charge is -2.23. The first-order valence-electron chi connectivity index (χ1n) is 9.21. The third-order valence-corrected chi connectivity index (χ3v) is 4.72. The molecule has 7 nitrogen and oxygen atoms in total. The molecule has 0 bridgehead atoms. The average molecular weight is 383 g/mol. The van der Waals surface area contributed by atoms with Crippen LogP contribution in [0.25, 0.3) is 0 Å². The Labute approximate surface area is 164 Å². The summed E-state index contributed by atoms with van der Waals surface area (Å²) in [5.41, 5.74) is 0.946. The van der Waals surface area contributed by atoms with E-state index in [0.717, 1.165) is 17.1 Å². The number of hydrogen-bond donors (Lipinski definition) is 2. The molecule has 1 heterocycles. The van der Waals surface area contributed by atoms with Gasteiger partial charge in [-0.1, -0.05) is 30.3 Å². The zero-order valence-electron chi connectivity index (χ0n) is 16.1. The number of ether oxygens (including phenoxy) is 2. The fourth-order valence-corrected chi connectivity index (χ4v) is 3.24. The van der Waals surface area contributed by atoms with Crippen LogP contribution in [0.15, 0.2) is 54.6 Å². The number of likely N-dealkylation sites (tertiary alicyclic amines) is 1. The topological polar surface area (TPSA) is 79.9 Å². The van der Waals surface area contributed by atoms with Crippen LogP contribution >= 0.6 is 0 Å². The molecule has 3 rings (SSSR count). The van der Waals surface area contributed by atoms with Gasteiger partial charge in [0, 0.05) is 20.0 Å². The largest absolute Gasteiger partial charge is 0.497 e. The number of likely N-dealkylation sites (N-methyl/N-ethyl adjacent to an activating group) is 1. The van der Waals surface area contributed by atoms with Gasteiger partial charge in [0.15, 0.2) is 0 Å². The van der Waals surface area contributed by atoms with Gasteiger partial charge in [-0.25, -0.2) is 4.79 Å². The van der Waals surface area contributed by atoms with E-state index in [-0.39, 0.29) is 18.0 Å². The lowest BCUT2D eigenvalue weighted by atomic mass is 10.2. The van der Waals surface area contributed by atoms with E-state index in [4.69, 9.17) is 9.47 Å². The van der Waals surface area contributed by atoms with E-state index in [0.29, 0.717) is 19.5 Å². The fraction of sp³-hybridized carbons (Fsp3) is 0.333. The Morgan fingerprint density at radius 2 is 1.79 bits per heavy atom. The van der Waals surface area contributed by atoms with E-state index in [1.807, 2.05) is 54.6 Å². The molecule has 0 aromatic heterocycles. The SMILES string of the molecule is CNC(=O)[C@H]1C[C@H](Oc2ccccc2)CN1C(=O)NCc1ccc(OC)cc1. The van der Waals surface area contributed by atoms with Crippen LogP contribution in [0.3, 0.4) is 0 Å². The fourth-order valence-electron chi connectivity index (χ4n) is 3.24. The predicted octanol–water partition coefficient (Wildman–Crippen LogP) is 2.17. The van der Waals surface area contributed by atoms with Crippen LogP contribution in [-0.2, 0) is 11.3 Å². The molecule has 28 heavy (non-hydrogen) atoms. The minimum atomic E-state index is -0.561. The van der Waals surface area contributed by atoms with Crippen LogP contribution in [-0.4, -0.2) is 49.7 Å². The maximum Gasteiger partial charge on any atom is 0.318 e. The highest BCUT2D eigenvalue weighted by Gasteiger charge is 2.40. The second kappa shape index (κ2) is 9.12. The Kier molecular flexibility index (Phi) is 6.37. The van der Waals surface area contributed by atoms with E-state index in [9.17, 15) is 9.59 Å². The maximum absolute atomic E-state index is 12.7. The molecule has 1 saturated heterocycles. The van der Waals surface area contributed by atoms with Crippen molar-refractivity contribution in [2.45, 2.75) is 25.1 Å².